The van der Waals surface area contributed by atoms with Crippen LogP contribution in [0.3, 0.4) is 0 Å². The zero-order valence-electron chi connectivity index (χ0n) is 15.8. The molecule has 0 aromatic heterocycles. The van der Waals surface area contributed by atoms with Gasteiger partial charge in [-0.3, -0.25) is 4.79 Å². The molecule has 2 aromatic rings. The SMILES string of the molecule is Cc1ccccc1CN(C)C(=O)C1CCCCN1S(=O)(=O)c1ccccc1. The zero-order chi connectivity index (χ0) is 19.4. The molecule has 0 saturated carbocycles. The lowest BCUT2D eigenvalue weighted by molar-refractivity contribution is -0.135. The molecule has 0 N–H and O–H groups in total. The predicted molar refractivity (Wildman–Crippen MR) is 106 cm³/mol. The summed E-state index contributed by atoms with van der Waals surface area (Å²) in [4.78, 5) is 15.0. The first-order valence-corrected chi connectivity index (χ1v) is 10.7. The van der Waals surface area contributed by atoms with Gasteiger partial charge in [-0.1, -0.05) is 48.9 Å². The van der Waals surface area contributed by atoms with Gasteiger partial charge in [-0.25, -0.2) is 8.42 Å². The molecule has 1 heterocycles. The molecular weight excluding hydrogens is 360 g/mol. The molecule has 0 aliphatic carbocycles. The van der Waals surface area contributed by atoms with E-state index in [1.54, 1.807) is 42.3 Å². The van der Waals surface area contributed by atoms with Gasteiger partial charge < -0.3 is 4.90 Å². The minimum atomic E-state index is -3.68. The van der Waals surface area contributed by atoms with Gasteiger partial charge in [-0.15, -0.1) is 0 Å². The van der Waals surface area contributed by atoms with Gasteiger partial charge in [0.15, 0.2) is 0 Å². The number of hydrogen-bond donors (Lipinski definition) is 0. The summed E-state index contributed by atoms with van der Waals surface area (Å²) in [7, 11) is -1.94. The molecule has 27 heavy (non-hydrogen) atoms. The van der Waals surface area contributed by atoms with E-state index in [9.17, 15) is 13.2 Å². The Bertz CT molecular complexity index is 897. The maximum atomic E-state index is 13.1. The van der Waals surface area contributed by atoms with Crippen LogP contribution in [0.1, 0.15) is 30.4 Å². The van der Waals surface area contributed by atoms with Crippen molar-refractivity contribution in [2.24, 2.45) is 0 Å². The molecule has 144 valence electrons. The van der Waals surface area contributed by atoms with Gasteiger partial charge >= 0.3 is 0 Å². The summed E-state index contributed by atoms with van der Waals surface area (Å²) in [6.07, 6.45) is 2.19. The molecule has 1 atom stereocenters. The number of rotatable bonds is 5. The molecule has 0 bridgehead atoms. The Labute approximate surface area is 161 Å². The van der Waals surface area contributed by atoms with Crippen LogP contribution in [-0.4, -0.2) is 43.2 Å². The van der Waals surface area contributed by atoms with Gasteiger partial charge in [0.05, 0.1) is 4.90 Å². The Kier molecular flexibility index (Phi) is 5.97. The van der Waals surface area contributed by atoms with Crippen LogP contribution in [0, 0.1) is 6.92 Å². The Balaban J connectivity index is 1.82. The highest BCUT2D eigenvalue weighted by Gasteiger charge is 2.38. The molecule has 3 rings (SSSR count). The van der Waals surface area contributed by atoms with Gasteiger partial charge in [0.25, 0.3) is 0 Å². The first-order chi connectivity index (χ1) is 12.9. The van der Waals surface area contributed by atoms with Crippen molar-refractivity contribution in [3.63, 3.8) is 0 Å². The molecule has 6 heteroatoms. The summed E-state index contributed by atoms with van der Waals surface area (Å²) in [5, 5.41) is 0. The van der Waals surface area contributed by atoms with E-state index in [-0.39, 0.29) is 10.8 Å². The largest absolute Gasteiger partial charge is 0.340 e. The number of likely N-dealkylation sites (N-methyl/N-ethyl adjacent to an activating group) is 1. The number of carbonyl (C=O) groups is 1. The van der Waals surface area contributed by atoms with Crippen molar-refractivity contribution in [2.75, 3.05) is 13.6 Å². The smallest absolute Gasteiger partial charge is 0.243 e. The summed E-state index contributed by atoms with van der Waals surface area (Å²) in [5.41, 5.74) is 2.19. The van der Waals surface area contributed by atoms with E-state index in [1.165, 1.54) is 4.31 Å². The second kappa shape index (κ2) is 8.23. The fraction of sp³-hybridized carbons (Fsp3) is 0.381. The lowest BCUT2D eigenvalue weighted by atomic mass is 10.0. The van der Waals surface area contributed by atoms with Crippen LogP contribution in [0.2, 0.25) is 0 Å². The maximum Gasteiger partial charge on any atom is 0.243 e. The first-order valence-electron chi connectivity index (χ1n) is 9.27. The van der Waals surface area contributed by atoms with Gasteiger partial charge in [0.1, 0.15) is 6.04 Å². The van der Waals surface area contributed by atoms with Crippen LogP contribution in [0.15, 0.2) is 59.5 Å². The lowest BCUT2D eigenvalue weighted by Gasteiger charge is -2.36. The summed E-state index contributed by atoms with van der Waals surface area (Å²) in [6, 6.07) is 15.7. The minimum absolute atomic E-state index is 0.141. The minimum Gasteiger partial charge on any atom is -0.340 e. The van der Waals surface area contributed by atoms with E-state index >= 15 is 0 Å². The monoisotopic (exact) mass is 386 g/mol. The fourth-order valence-corrected chi connectivity index (χ4v) is 5.21. The van der Waals surface area contributed by atoms with Crippen molar-refractivity contribution in [2.45, 2.75) is 43.7 Å². The third-order valence-corrected chi connectivity index (χ3v) is 7.06. The molecule has 1 amide bonds. The number of hydrogen-bond acceptors (Lipinski definition) is 3. The van der Waals surface area contributed by atoms with E-state index in [0.717, 1.165) is 24.0 Å². The Morgan fingerprint density at radius 2 is 1.74 bits per heavy atom. The molecule has 0 spiro atoms. The average molecular weight is 387 g/mol. The third-order valence-electron chi connectivity index (χ3n) is 5.13. The van der Waals surface area contributed by atoms with Crippen molar-refractivity contribution in [1.82, 2.24) is 9.21 Å². The fourth-order valence-electron chi connectivity index (χ4n) is 3.54. The van der Waals surface area contributed by atoms with Crippen molar-refractivity contribution >= 4 is 15.9 Å². The normalized spacial score (nSPS) is 18.2. The highest BCUT2D eigenvalue weighted by Crippen LogP contribution is 2.26. The standard InChI is InChI=1S/C21H26N2O3S/c1-17-10-6-7-11-18(17)16-22(2)21(24)20-14-8-9-15-23(20)27(25,26)19-12-4-3-5-13-19/h3-7,10-13,20H,8-9,14-16H2,1-2H3. The molecule has 5 nitrogen and oxygen atoms in total. The van der Waals surface area contributed by atoms with Crippen LogP contribution in [-0.2, 0) is 21.4 Å². The summed E-state index contributed by atoms with van der Waals surface area (Å²) in [6.45, 7) is 2.87. The lowest BCUT2D eigenvalue weighted by Crippen LogP contribution is -2.52. The van der Waals surface area contributed by atoms with Crippen molar-refractivity contribution in [3.8, 4) is 0 Å². The van der Waals surface area contributed by atoms with E-state index in [0.29, 0.717) is 19.5 Å². The second-order valence-corrected chi connectivity index (χ2v) is 8.95. The Hall–Kier alpha value is -2.18. The van der Waals surface area contributed by atoms with E-state index in [2.05, 4.69) is 0 Å². The summed E-state index contributed by atoms with van der Waals surface area (Å²) in [5.74, 6) is -0.141. The quantitative estimate of drug-likeness (QED) is 0.793. The topological polar surface area (TPSA) is 57.7 Å². The number of nitrogens with zero attached hydrogens (tertiary/aromatic N) is 2. The molecular formula is C21H26N2O3S. The molecule has 1 saturated heterocycles. The van der Waals surface area contributed by atoms with Crippen molar-refractivity contribution in [1.29, 1.82) is 0 Å². The van der Waals surface area contributed by atoms with Crippen molar-refractivity contribution < 1.29 is 13.2 Å². The van der Waals surface area contributed by atoms with Crippen molar-refractivity contribution in [3.05, 3.63) is 65.7 Å². The highest BCUT2D eigenvalue weighted by molar-refractivity contribution is 7.89. The molecule has 1 unspecified atom stereocenters. The number of carbonyl (C=O) groups excluding carboxylic acids is 1. The average Bonchev–Trinajstić information content (AvgIpc) is 2.69. The second-order valence-electron chi connectivity index (χ2n) is 7.06. The van der Waals surface area contributed by atoms with E-state index < -0.39 is 16.1 Å². The first kappa shape index (κ1) is 19.6. The number of sulfonamides is 1. The van der Waals surface area contributed by atoms with Gasteiger partial charge in [0.2, 0.25) is 15.9 Å². The zero-order valence-corrected chi connectivity index (χ0v) is 16.7. The van der Waals surface area contributed by atoms with Crippen LogP contribution in [0.4, 0.5) is 0 Å². The van der Waals surface area contributed by atoms with Crippen LogP contribution in [0.5, 0.6) is 0 Å². The van der Waals surface area contributed by atoms with Crippen LogP contribution in [0.25, 0.3) is 0 Å². The Morgan fingerprint density at radius 3 is 2.44 bits per heavy atom. The molecule has 2 aromatic carbocycles. The number of benzene rings is 2. The van der Waals surface area contributed by atoms with Gasteiger partial charge in [-0.2, -0.15) is 4.31 Å². The van der Waals surface area contributed by atoms with E-state index in [4.69, 9.17) is 0 Å². The number of amides is 1. The van der Waals surface area contributed by atoms with Gasteiger partial charge in [0, 0.05) is 20.1 Å². The molecule has 1 fully saturated rings. The summed E-state index contributed by atoms with van der Waals surface area (Å²) >= 11 is 0. The van der Waals surface area contributed by atoms with E-state index in [1.807, 2.05) is 31.2 Å². The Morgan fingerprint density at radius 1 is 1.07 bits per heavy atom. The highest BCUT2D eigenvalue weighted by atomic mass is 32.2. The predicted octanol–water partition coefficient (Wildman–Crippen LogP) is 3.20. The number of piperidine rings is 1. The summed E-state index contributed by atoms with van der Waals surface area (Å²) < 4.78 is 27.6. The third kappa shape index (κ3) is 4.22. The maximum absolute atomic E-state index is 13.1. The molecule has 1 aliphatic heterocycles. The van der Waals surface area contributed by atoms with Crippen LogP contribution < -0.4 is 0 Å². The number of aryl methyl sites for hydroxylation is 1. The van der Waals surface area contributed by atoms with Crippen LogP contribution >= 0.6 is 0 Å². The molecule has 1 aliphatic rings. The van der Waals surface area contributed by atoms with Gasteiger partial charge in [-0.05, 0) is 43.0 Å². The molecule has 0 radical (unpaired) electrons.